The lowest BCUT2D eigenvalue weighted by Crippen LogP contribution is -2.09. The van der Waals surface area contributed by atoms with Crippen LogP contribution in [0.15, 0.2) is 30.4 Å². The average molecular weight is 296 g/mol. The molecule has 1 aromatic carbocycles. The van der Waals surface area contributed by atoms with Crippen LogP contribution in [0.2, 0.25) is 0 Å². The van der Waals surface area contributed by atoms with E-state index in [9.17, 15) is 0 Å². The lowest BCUT2D eigenvalue weighted by molar-refractivity contribution is 0.282. The van der Waals surface area contributed by atoms with Gasteiger partial charge in [-0.25, -0.2) is 0 Å². The zero-order chi connectivity index (χ0) is 14.8. The molecule has 3 aliphatic carbocycles. The van der Waals surface area contributed by atoms with Crippen LogP contribution in [0.25, 0.3) is 0 Å². The summed E-state index contributed by atoms with van der Waals surface area (Å²) >= 11 is 0. The van der Waals surface area contributed by atoms with Crippen molar-refractivity contribution in [3.8, 4) is 5.75 Å². The van der Waals surface area contributed by atoms with E-state index in [1.807, 2.05) is 0 Å². The Kier molecular flexibility index (Phi) is 4.23. The van der Waals surface area contributed by atoms with E-state index in [4.69, 9.17) is 4.74 Å². The van der Waals surface area contributed by atoms with E-state index in [1.54, 1.807) is 5.56 Å². The van der Waals surface area contributed by atoms with Crippen LogP contribution in [0.5, 0.6) is 5.75 Å². The zero-order valence-corrected chi connectivity index (χ0v) is 13.6. The van der Waals surface area contributed by atoms with Crippen LogP contribution in [0.3, 0.4) is 0 Å². The average Bonchev–Trinajstić information content (AvgIpc) is 3.08. The molecule has 0 radical (unpaired) electrons. The summed E-state index contributed by atoms with van der Waals surface area (Å²) in [6.07, 6.45) is 16.9. The first-order chi connectivity index (χ1) is 10.9. The van der Waals surface area contributed by atoms with Crippen LogP contribution in [-0.2, 0) is 12.8 Å². The van der Waals surface area contributed by atoms with Crippen molar-refractivity contribution in [2.75, 3.05) is 6.61 Å². The first kappa shape index (κ1) is 14.4. The van der Waals surface area contributed by atoms with E-state index in [-0.39, 0.29) is 0 Å². The van der Waals surface area contributed by atoms with Crippen molar-refractivity contribution in [1.29, 1.82) is 0 Å². The fourth-order valence-corrected chi connectivity index (χ4v) is 4.74. The van der Waals surface area contributed by atoms with E-state index in [1.165, 1.54) is 63.4 Å². The molecule has 2 bridgehead atoms. The monoisotopic (exact) mass is 296 g/mol. The molecule has 1 nitrogen and oxygen atoms in total. The standard InChI is InChI=1S/C21H28O/c1-2-5-17-10-11-21(15-19(17)6-3-1)22-12-4-7-18-13-16-8-9-20(18)14-16/h8-11,15-16,18,20H,1-7,12-14H2. The van der Waals surface area contributed by atoms with E-state index in [0.29, 0.717) is 0 Å². The second-order valence-electron chi connectivity index (χ2n) is 7.52. The van der Waals surface area contributed by atoms with Crippen molar-refractivity contribution in [3.63, 3.8) is 0 Å². The van der Waals surface area contributed by atoms with Crippen molar-refractivity contribution in [2.45, 2.75) is 57.8 Å². The Labute approximate surface area is 134 Å². The molecule has 0 spiro atoms. The van der Waals surface area contributed by atoms with Gasteiger partial charge in [-0.3, -0.25) is 0 Å². The normalized spacial score (nSPS) is 29.4. The highest BCUT2D eigenvalue weighted by atomic mass is 16.5. The molecule has 3 unspecified atom stereocenters. The molecule has 118 valence electrons. The van der Waals surface area contributed by atoms with Gasteiger partial charge in [0.15, 0.2) is 0 Å². The third-order valence-electron chi connectivity index (χ3n) is 5.97. The summed E-state index contributed by atoms with van der Waals surface area (Å²) in [6, 6.07) is 6.79. The number of ether oxygens (including phenoxy) is 1. The maximum absolute atomic E-state index is 6.03. The van der Waals surface area contributed by atoms with Crippen molar-refractivity contribution in [2.24, 2.45) is 17.8 Å². The molecule has 1 heteroatoms. The van der Waals surface area contributed by atoms with Crippen LogP contribution >= 0.6 is 0 Å². The van der Waals surface area contributed by atoms with Gasteiger partial charge in [-0.15, -0.1) is 0 Å². The lowest BCUT2D eigenvalue weighted by Gasteiger charge is -2.18. The van der Waals surface area contributed by atoms with Gasteiger partial charge in [0.1, 0.15) is 5.75 Å². The van der Waals surface area contributed by atoms with E-state index in [2.05, 4.69) is 30.4 Å². The molecule has 4 rings (SSSR count). The fourth-order valence-electron chi connectivity index (χ4n) is 4.74. The van der Waals surface area contributed by atoms with Gasteiger partial charge >= 0.3 is 0 Å². The Bertz CT molecular complexity index is 545. The lowest BCUT2D eigenvalue weighted by atomic mass is 9.89. The van der Waals surface area contributed by atoms with Gasteiger partial charge in [0, 0.05) is 0 Å². The Hall–Kier alpha value is -1.24. The second kappa shape index (κ2) is 6.48. The quantitative estimate of drug-likeness (QED) is 0.405. The number of rotatable bonds is 5. The van der Waals surface area contributed by atoms with Gasteiger partial charge in [-0.2, -0.15) is 0 Å². The fraction of sp³-hybridized carbons (Fsp3) is 0.619. The van der Waals surface area contributed by atoms with Gasteiger partial charge in [-0.05, 0) is 92.4 Å². The molecular weight excluding hydrogens is 268 g/mol. The number of hydrogen-bond acceptors (Lipinski definition) is 1. The molecule has 1 aromatic rings. The van der Waals surface area contributed by atoms with Gasteiger partial charge in [-0.1, -0.05) is 24.6 Å². The summed E-state index contributed by atoms with van der Waals surface area (Å²) in [5.41, 5.74) is 3.09. The number of allylic oxidation sites excluding steroid dienone is 2. The molecule has 3 atom stereocenters. The van der Waals surface area contributed by atoms with Gasteiger partial charge in [0.25, 0.3) is 0 Å². The molecule has 1 fully saturated rings. The maximum atomic E-state index is 6.03. The maximum Gasteiger partial charge on any atom is 0.119 e. The van der Waals surface area contributed by atoms with Gasteiger partial charge in [0.05, 0.1) is 6.61 Å². The first-order valence-corrected chi connectivity index (χ1v) is 9.31. The topological polar surface area (TPSA) is 9.23 Å². The number of fused-ring (bicyclic) bond motifs is 3. The Balaban J connectivity index is 1.25. The van der Waals surface area contributed by atoms with Gasteiger partial charge < -0.3 is 4.74 Å². The van der Waals surface area contributed by atoms with Crippen LogP contribution in [0, 0.1) is 17.8 Å². The summed E-state index contributed by atoms with van der Waals surface area (Å²) in [5, 5.41) is 0. The summed E-state index contributed by atoms with van der Waals surface area (Å²) in [7, 11) is 0. The molecular formula is C21H28O. The summed E-state index contributed by atoms with van der Waals surface area (Å²) in [4.78, 5) is 0. The largest absolute Gasteiger partial charge is 0.494 e. The van der Waals surface area contributed by atoms with Crippen LogP contribution in [0.1, 0.15) is 56.1 Å². The summed E-state index contributed by atoms with van der Waals surface area (Å²) in [6.45, 7) is 0.885. The second-order valence-corrected chi connectivity index (χ2v) is 7.52. The summed E-state index contributed by atoms with van der Waals surface area (Å²) in [5.74, 6) is 3.82. The highest BCUT2D eigenvalue weighted by Gasteiger charge is 2.34. The predicted octanol–water partition coefficient (Wildman–Crippen LogP) is 5.33. The van der Waals surface area contributed by atoms with Crippen molar-refractivity contribution in [1.82, 2.24) is 0 Å². The molecule has 1 saturated carbocycles. The number of benzene rings is 1. The molecule has 0 aromatic heterocycles. The van der Waals surface area contributed by atoms with Gasteiger partial charge in [0.2, 0.25) is 0 Å². The Morgan fingerprint density at radius 1 is 0.955 bits per heavy atom. The number of aryl methyl sites for hydroxylation is 2. The van der Waals surface area contributed by atoms with Crippen molar-refractivity contribution >= 4 is 0 Å². The molecule has 0 aliphatic heterocycles. The molecule has 0 saturated heterocycles. The third kappa shape index (κ3) is 3.09. The van der Waals surface area contributed by atoms with Crippen molar-refractivity contribution < 1.29 is 4.74 Å². The third-order valence-corrected chi connectivity index (χ3v) is 5.97. The van der Waals surface area contributed by atoms with Crippen LogP contribution in [0.4, 0.5) is 0 Å². The minimum atomic E-state index is 0.885. The SMILES string of the molecule is C1=CC2CC1CC2CCCOc1ccc2c(c1)CCCCC2. The van der Waals surface area contributed by atoms with E-state index in [0.717, 1.165) is 30.1 Å². The van der Waals surface area contributed by atoms with E-state index < -0.39 is 0 Å². The Morgan fingerprint density at radius 3 is 2.68 bits per heavy atom. The molecule has 0 N–H and O–H groups in total. The molecule has 0 amide bonds. The van der Waals surface area contributed by atoms with E-state index >= 15 is 0 Å². The molecule has 3 aliphatic rings. The predicted molar refractivity (Wildman–Crippen MR) is 91.3 cm³/mol. The zero-order valence-electron chi connectivity index (χ0n) is 13.6. The first-order valence-electron chi connectivity index (χ1n) is 9.31. The molecule has 0 heterocycles. The Morgan fingerprint density at radius 2 is 1.86 bits per heavy atom. The minimum Gasteiger partial charge on any atom is -0.494 e. The molecule has 22 heavy (non-hydrogen) atoms. The highest BCUT2D eigenvalue weighted by Crippen LogP contribution is 2.45. The van der Waals surface area contributed by atoms with Crippen LogP contribution in [-0.4, -0.2) is 6.61 Å². The minimum absolute atomic E-state index is 0.885. The number of hydrogen-bond donors (Lipinski definition) is 0. The van der Waals surface area contributed by atoms with Crippen LogP contribution < -0.4 is 4.74 Å². The smallest absolute Gasteiger partial charge is 0.119 e. The summed E-state index contributed by atoms with van der Waals surface area (Å²) < 4.78 is 6.03. The highest BCUT2D eigenvalue weighted by molar-refractivity contribution is 5.36. The van der Waals surface area contributed by atoms with Crippen molar-refractivity contribution in [3.05, 3.63) is 41.5 Å².